The number of benzene rings is 1. The van der Waals surface area contributed by atoms with Gasteiger partial charge < -0.3 is 20.5 Å². The third-order valence-corrected chi connectivity index (χ3v) is 3.00. The minimum atomic E-state index is -0.823. The third kappa shape index (κ3) is 2.11. The number of nitrogens with two attached hydrogens (primary N) is 1. The van der Waals surface area contributed by atoms with E-state index in [0.29, 0.717) is 5.95 Å². The molecular formula is C12H17N3O2. The van der Waals surface area contributed by atoms with E-state index in [1.54, 1.807) is 4.57 Å². The number of nitrogens with zero attached hydrogens (tertiary/aromatic N) is 2. The van der Waals surface area contributed by atoms with E-state index in [0.717, 1.165) is 22.2 Å². The van der Waals surface area contributed by atoms with Crippen molar-refractivity contribution in [2.45, 2.75) is 26.5 Å². The molecule has 1 atom stereocenters. The van der Waals surface area contributed by atoms with Gasteiger partial charge in [0.25, 0.3) is 0 Å². The number of nitrogen functional groups attached to an aromatic ring is 1. The first-order valence-corrected chi connectivity index (χ1v) is 5.54. The Morgan fingerprint density at radius 2 is 2.00 bits per heavy atom. The van der Waals surface area contributed by atoms with Gasteiger partial charge in [-0.15, -0.1) is 0 Å². The van der Waals surface area contributed by atoms with Gasteiger partial charge in [-0.25, -0.2) is 4.98 Å². The number of aliphatic hydroxyl groups is 2. The number of aryl methyl sites for hydroxylation is 2. The average molecular weight is 235 g/mol. The number of anilines is 1. The van der Waals surface area contributed by atoms with E-state index in [2.05, 4.69) is 4.98 Å². The molecule has 0 bridgehead atoms. The smallest absolute Gasteiger partial charge is 0.201 e. The minimum absolute atomic E-state index is 0.251. The molecule has 1 unspecified atom stereocenters. The number of aromatic nitrogens is 2. The summed E-state index contributed by atoms with van der Waals surface area (Å²) in [6.07, 6.45) is -0.823. The van der Waals surface area contributed by atoms with E-state index in [-0.39, 0.29) is 13.2 Å². The van der Waals surface area contributed by atoms with Gasteiger partial charge in [0.1, 0.15) is 0 Å². The highest BCUT2D eigenvalue weighted by atomic mass is 16.3. The van der Waals surface area contributed by atoms with Crippen LogP contribution in [0.4, 0.5) is 5.95 Å². The largest absolute Gasteiger partial charge is 0.394 e. The van der Waals surface area contributed by atoms with Gasteiger partial charge in [0.2, 0.25) is 5.95 Å². The molecule has 4 N–H and O–H groups in total. The second-order valence-corrected chi connectivity index (χ2v) is 4.34. The van der Waals surface area contributed by atoms with Gasteiger partial charge >= 0.3 is 0 Å². The molecule has 92 valence electrons. The van der Waals surface area contributed by atoms with Crippen LogP contribution in [0.3, 0.4) is 0 Å². The van der Waals surface area contributed by atoms with Crippen LogP contribution < -0.4 is 5.73 Å². The van der Waals surface area contributed by atoms with Crippen LogP contribution in [0.5, 0.6) is 0 Å². The Kier molecular flexibility index (Phi) is 3.04. The maximum atomic E-state index is 9.48. The molecule has 0 spiro atoms. The van der Waals surface area contributed by atoms with Crippen LogP contribution in [0.1, 0.15) is 11.1 Å². The number of hydrogen-bond donors (Lipinski definition) is 3. The monoisotopic (exact) mass is 235 g/mol. The molecule has 0 aliphatic carbocycles. The Balaban J connectivity index is 2.54. The van der Waals surface area contributed by atoms with E-state index in [1.165, 1.54) is 0 Å². The molecule has 0 aliphatic rings. The summed E-state index contributed by atoms with van der Waals surface area (Å²) in [6.45, 7) is 4.00. The van der Waals surface area contributed by atoms with Crippen molar-refractivity contribution in [3.63, 3.8) is 0 Å². The maximum Gasteiger partial charge on any atom is 0.201 e. The van der Waals surface area contributed by atoms with Crippen molar-refractivity contribution < 1.29 is 10.2 Å². The molecule has 0 aliphatic heterocycles. The standard InChI is InChI=1S/C12H17N3O2/c1-7-3-10-11(4-8(7)2)15(12(13)14-10)5-9(17)6-16/h3-4,9,16-17H,5-6H2,1-2H3,(H2,13,14). The summed E-state index contributed by atoms with van der Waals surface area (Å²) in [5, 5.41) is 18.4. The summed E-state index contributed by atoms with van der Waals surface area (Å²) in [7, 11) is 0. The van der Waals surface area contributed by atoms with Gasteiger partial charge in [-0.1, -0.05) is 0 Å². The van der Waals surface area contributed by atoms with Crippen molar-refractivity contribution in [2.24, 2.45) is 0 Å². The van der Waals surface area contributed by atoms with Gasteiger partial charge in [-0.05, 0) is 37.1 Å². The van der Waals surface area contributed by atoms with Crippen LogP contribution >= 0.6 is 0 Å². The van der Waals surface area contributed by atoms with Crippen LogP contribution in [-0.4, -0.2) is 32.5 Å². The third-order valence-electron chi connectivity index (χ3n) is 3.00. The summed E-state index contributed by atoms with van der Waals surface area (Å²) < 4.78 is 1.72. The SMILES string of the molecule is Cc1cc2nc(N)n(CC(O)CO)c2cc1C. The average Bonchev–Trinajstić information content (AvgIpc) is 2.56. The number of hydrogen-bond acceptors (Lipinski definition) is 4. The molecule has 1 aromatic carbocycles. The van der Waals surface area contributed by atoms with Gasteiger partial charge in [0.15, 0.2) is 0 Å². The molecule has 0 fully saturated rings. The molecule has 0 saturated carbocycles. The molecule has 2 aromatic rings. The lowest BCUT2D eigenvalue weighted by atomic mass is 10.1. The lowest BCUT2D eigenvalue weighted by Gasteiger charge is -2.11. The van der Waals surface area contributed by atoms with Gasteiger partial charge in [0.05, 0.1) is 30.3 Å². The van der Waals surface area contributed by atoms with Crippen molar-refractivity contribution in [1.82, 2.24) is 9.55 Å². The molecule has 5 nitrogen and oxygen atoms in total. The van der Waals surface area contributed by atoms with Gasteiger partial charge in [-0.3, -0.25) is 0 Å². The molecule has 0 saturated heterocycles. The topological polar surface area (TPSA) is 84.3 Å². The normalized spacial score (nSPS) is 13.2. The highest BCUT2D eigenvalue weighted by Crippen LogP contribution is 2.22. The predicted molar refractivity (Wildman–Crippen MR) is 66.7 cm³/mol. The highest BCUT2D eigenvalue weighted by molar-refractivity contribution is 5.80. The van der Waals surface area contributed by atoms with E-state index < -0.39 is 6.10 Å². The molecular weight excluding hydrogens is 218 g/mol. The summed E-state index contributed by atoms with van der Waals surface area (Å²) in [6, 6.07) is 3.97. The van der Waals surface area contributed by atoms with E-state index in [1.807, 2.05) is 26.0 Å². The Morgan fingerprint density at radius 3 is 2.65 bits per heavy atom. The molecule has 0 amide bonds. The number of rotatable bonds is 3. The predicted octanol–water partition coefficient (Wildman–Crippen LogP) is 0.589. The summed E-state index contributed by atoms with van der Waals surface area (Å²) in [5.74, 6) is 0.359. The molecule has 17 heavy (non-hydrogen) atoms. The second kappa shape index (κ2) is 4.35. The summed E-state index contributed by atoms with van der Waals surface area (Å²) in [5.41, 5.74) is 9.83. The van der Waals surface area contributed by atoms with Crippen molar-refractivity contribution >= 4 is 17.0 Å². The Labute approximate surface area is 99.5 Å². The van der Waals surface area contributed by atoms with Crippen LogP contribution in [0.2, 0.25) is 0 Å². The fourth-order valence-corrected chi connectivity index (χ4v) is 1.86. The molecule has 1 aromatic heterocycles. The zero-order chi connectivity index (χ0) is 12.6. The summed E-state index contributed by atoms with van der Waals surface area (Å²) >= 11 is 0. The lowest BCUT2D eigenvalue weighted by Crippen LogP contribution is -2.20. The van der Waals surface area contributed by atoms with Gasteiger partial charge in [0, 0.05) is 0 Å². The highest BCUT2D eigenvalue weighted by Gasteiger charge is 2.12. The first-order chi connectivity index (χ1) is 8.02. The lowest BCUT2D eigenvalue weighted by molar-refractivity contribution is 0.0825. The Hall–Kier alpha value is -1.59. The van der Waals surface area contributed by atoms with E-state index in [9.17, 15) is 5.11 Å². The number of fused-ring (bicyclic) bond motifs is 1. The first-order valence-electron chi connectivity index (χ1n) is 5.54. The molecule has 2 rings (SSSR count). The van der Waals surface area contributed by atoms with Crippen LogP contribution in [0.15, 0.2) is 12.1 Å². The molecule has 5 heteroatoms. The fourth-order valence-electron chi connectivity index (χ4n) is 1.86. The van der Waals surface area contributed by atoms with Crippen molar-refractivity contribution in [3.05, 3.63) is 23.3 Å². The number of aliphatic hydroxyl groups excluding tert-OH is 2. The minimum Gasteiger partial charge on any atom is -0.394 e. The van der Waals surface area contributed by atoms with Gasteiger partial charge in [-0.2, -0.15) is 0 Å². The van der Waals surface area contributed by atoms with Crippen LogP contribution in [0, 0.1) is 13.8 Å². The Morgan fingerprint density at radius 1 is 1.35 bits per heavy atom. The van der Waals surface area contributed by atoms with Crippen molar-refractivity contribution in [3.8, 4) is 0 Å². The van der Waals surface area contributed by atoms with Crippen LogP contribution in [-0.2, 0) is 6.54 Å². The first kappa shape index (κ1) is 11.9. The zero-order valence-corrected chi connectivity index (χ0v) is 10.0. The zero-order valence-electron chi connectivity index (χ0n) is 10.0. The second-order valence-electron chi connectivity index (χ2n) is 4.34. The summed E-state index contributed by atoms with van der Waals surface area (Å²) in [4.78, 5) is 4.25. The fraction of sp³-hybridized carbons (Fsp3) is 0.417. The maximum absolute atomic E-state index is 9.48. The molecule has 0 radical (unpaired) electrons. The molecule has 1 heterocycles. The van der Waals surface area contributed by atoms with E-state index in [4.69, 9.17) is 10.8 Å². The Bertz CT molecular complexity index is 548. The van der Waals surface area contributed by atoms with E-state index >= 15 is 0 Å². The van der Waals surface area contributed by atoms with Crippen molar-refractivity contribution in [2.75, 3.05) is 12.3 Å². The number of imidazole rings is 1. The van der Waals surface area contributed by atoms with Crippen molar-refractivity contribution in [1.29, 1.82) is 0 Å². The van der Waals surface area contributed by atoms with Crippen LogP contribution in [0.25, 0.3) is 11.0 Å². The quantitative estimate of drug-likeness (QED) is 0.727.